The first-order chi connectivity index (χ1) is 9.41. The van der Waals surface area contributed by atoms with E-state index in [2.05, 4.69) is 10.6 Å². The molecule has 3 nitrogen and oxygen atoms in total. The van der Waals surface area contributed by atoms with E-state index in [9.17, 15) is 13.6 Å². The lowest BCUT2D eigenvalue weighted by molar-refractivity contribution is -0.121. The van der Waals surface area contributed by atoms with E-state index in [0.717, 1.165) is 6.07 Å². The van der Waals surface area contributed by atoms with Gasteiger partial charge in [-0.05, 0) is 18.9 Å². The standard InChI is InChI=1S/C15H22F2N2O/c1-10(2)9-19-14(20)7-8-18-11(3)12-5-4-6-13(16)15(12)17/h4-6,10-11,18H,7-9H2,1-3H3,(H,19,20). The molecule has 0 aliphatic rings. The van der Waals surface area contributed by atoms with Crippen LogP contribution >= 0.6 is 0 Å². The third-order valence-corrected chi connectivity index (χ3v) is 2.96. The van der Waals surface area contributed by atoms with Crippen molar-refractivity contribution in [3.05, 3.63) is 35.4 Å². The number of carbonyl (C=O) groups excluding carboxylic acids is 1. The Hall–Kier alpha value is -1.49. The quantitative estimate of drug-likeness (QED) is 0.808. The van der Waals surface area contributed by atoms with Crippen molar-refractivity contribution in [1.29, 1.82) is 0 Å². The number of benzene rings is 1. The average Bonchev–Trinajstić information content (AvgIpc) is 2.39. The van der Waals surface area contributed by atoms with Gasteiger partial charge in [-0.1, -0.05) is 26.0 Å². The zero-order valence-corrected chi connectivity index (χ0v) is 12.2. The van der Waals surface area contributed by atoms with Crippen molar-refractivity contribution in [2.24, 2.45) is 5.92 Å². The molecule has 0 radical (unpaired) electrons. The molecule has 0 heterocycles. The van der Waals surface area contributed by atoms with Gasteiger partial charge in [0.1, 0.15) is 0 Å². The lowest BCUT2D eigenvalue weighted by Gasteiger charge is -2.15. The van der Waals surface area contributed by atoms with Gasteiger partial charge in [0.2, 0.25) is 5.91 Å². The molecule has 5 heteroatoms. The highest BCUT2D eigenvalue weighted by Crippen LogP contribution is 2.18. The van der Waals surface area contributed by atoms with E-state index in [0.29, 0.717) is 25.4 Å². The number of hydrogen-bond donors (Lipinski definition) is 2. The zero-order valence-electron chi connectivity index (χ0n) is 12.2. The van der Waals surface area contributed by atoms with Crippen LogP contribution in [0.15, 0.2) is 18.2 Å². The monoisotopic (exact) mass is 284 g/mol. The van der Waals surface area contributed by atoms with Crippen LogP contribution in [0.1, 0.15) is 38.8 Å². The number of amides is 1. The molecule has 0 fully saturated rings. The van der Waals surface area contributed by atoms with E-state index in [1.54, 1.807) is 6.92 Å². The first kappa shape index (κ1) is 16.6. The smallest absolute Gasteiger partial charge is 0.221 e. The fraction of sp³-hybridized carbons (Fsp3) is 0.533. The van der Waals surface area contributed by atoms with Gasteiger partial charge in [-0.2, -0.15) is 0 Å². The normalized spacial score (nSPS) is 12.5. The summed E-state index contributed by atoms with van der Waals surface area (Å²) in [6.45, 7) is 6.85. The predicted molar refractivity (Wildman–Crippen MR) is 75.2 cm³/mol. The third-order valence-electron chi connectivity index (χ3n) is 2.96. The van der Waals surface area contributed by atoms with E-state index < -0.39 is 11.6 Å². The van der Waals surface area contributed by atoms with Gasteiger partial charge < -0.3 is 10.6 Å². The summed E-state index contributed by atoms with van der Waals surface area (Å²) in [6.07, 6.45) is 0.313. The Balaban J connectivity index is 2.38. The minimum Gasteiger partial charge on any atom is -0.356 e. The van der Waals surface area contributed by atoms with Crippen molar-refractivity contribution in [3.8, 4) is 0 Å². The Morgan fingerprint density at radius 1 is 1.25 bits per heavy atom. The summed E-state index contributed by atoms with van der Waals surface area (Å²) < 4.78 is 26.7. The molecule has 0 saturated heterocycles. The highest BCUT2D eigenvalue weighted by atomic mass is 19.2. The maximum atomic E-state index is 13.6. The Labute approximate surface area is 118 Å². The Morgan fingerprint density at radius 3 is 2.60 bits per heavy atom. The van der Waals surface area contributed by atoms with Crippen molar-refractivity contribution < 1.29 is 13.6 Å². The number of nitrogens with one attached hydrogen (secondary N) is 2. The molecule has 1 aromatic rings. The molecule has 0 aromatic heterocycles. The van der Waals surface area contributed by atoms with Gasteiger partial charge in [-0.3, -0.25) is 4.79 Å². The summed E-state index contributed by atoms with van der Waals surface area (Å²) in [5, 5.41) is 5.82. The largest absolute Gasteiger partial charge is 0.356 e. The second-order valence-electron chi connectivity index (χ2n) is 5.27. The summed E-state index contributed by atoms with van der Waals surface area (Å²) in [7, 11) is 0. The number of rotatable bonds is 7. The Kier molecular flexibility index (Phi) is 6.58. The van der Waals surface area contributed by atoms with Gasteiger partial charge in [0.25, 0.3) is 0 Å². The molecule has 1 rings (SSSR count). The van der Waals surface area contributed by atoms with Gasteiger partial charge in [0.05, 0.1) is 0 Å². The summed E-state index contributed by atoms with van der Waals surface area (Å²) in [4.78, 5) is 11.5. The second kappa shape index (κ2) is 7.94. The molecule has 1 unspecified atom stereocenters. The molecule has 0 spiro atoms. The van der Waals surface area contributed by atoms with Crippen molar-refractivity contribution >= 4 is 5.91 Å². The highest BCUT2D eigenvalue weighted by Gasteiger charge is 2.13. The van der Waals surface area contributed by atoms with Crippen LogP contribution in [0.25, 0.3) is 0 Å². The maximum absolute atomic E-state index is 13.6. The lowest BCUT2D eigenvalue weighted by Crippen LogP contribution is -2.31. The van der Waals surface area contributed by atoms with Crippen LogP contribution in [-0.2, 0) is 4.79 Å². The van der Waals surface area contributed by atoms with Crippen LogP contribution < -0.4 is 10.6 Å². The number of carbonyl (C=O) groups is 1. The highest BCUT2D eigenvalue weighted by molar-refractivity contribution is 5.76. The van der Waals surface area contributed by atoms with Gasteiger partial charge in [-0.25, -0.2) is 8.78 Å². The Bertz CT molecular complexity index is 449. The molecule has 112 valence electrons. The molecule has 0 saturated carbocycles. The first-order valence-electron chi connectivity index (χ1n) is 6.85. The molecule has 0 bridgehead atoms. The van der Waals surface area contributed by atoms with Crippen molar-refractivity contribution in [2.45, 2.75) is 33.2 Å². The summed E-state index contributed by atoms with van der Waals surface area (Å²) >= 11 is 0. The van der Waals surface area contributed by atoms with E-state index in [1.807, 2.05) is 13.8 Å². The molecule has 1 amide bonds. The average molecular weight is 284 g/mol. The topological polar surface area (TPSA) is 41.1 Å². The maximum Gasteiger partial charge on any atom is 0.221 e. The van der Waals surface area contributed by atoms with Crippen LogP contribution in [0.4, 0.5) is 8.78 Å². The first-order valence-corrected chi connectivity index (χ1v) is 6.85. The van der Waals surface area contributed by atoms with Crippen LogP contribution in [0.3, 0.4) is 0 Å². The second-order valence-corrected chi connectivity index (χ2v) is 5.27. The third kappa shape index (κ3) is 5.25. The summed E-state index contributed by atoms with van der Waals surface area (Å²) in [5.74, 6) is -1.33. The molecule has 20 heavy (non-hydrogen) atoms. The molecular weight excluding hydrogens is 262 g/mol. The Morgan fingerprint density at radius 2 is 1.95 bits per heavy atom. The predicted octanol–water partition coefficient (Wildman–Crippen LogP) is 2.78. The molecule has 1 aromatic carbocycles. The SMILES string of the molecule is CC(C)CNC(=O)CCNC(C)c1cccc(F)c1F. The molecular formula is C15H22F2N2O. The van der Waals surface area contributed by atoms with E-state index in [-0.39, 0.29) is 17.5 Å². The van der Waals surface area contributed by atoms with Gasteiger partial charge >= 0.3 is 0 Å². The minimum absolute atomic E-state index is 0.0434. The van der Waals surface area contributed by atoms with Crippen LogP contribution in [0.5, 0.6) is 0 Å². The molecule has 0 aliphatic carbocycles. The fourth-order valence-electron chi connectivity index (χ4n) is 1.77. The lowest BCUT2D eigenvalue weighted by atomic mass is 10.1. The molecule has 2 N–H and O–H groups in total. The minimum atomic E-state index is -0.856. The summed E-state index contributed by atoms with van der Waals surface area (Å²) in [6, 6.07) is 3.75. The van der Waals surface area contributed by atoms with Crippen LogP contribution in [0, 0.1) is 17.6 Å². The van der Waals surface area contributed by atoms with Crippen molar-refractivity contribution in [3.63, 3.8) is 0 Å². The molecule has 1 atom stereocenters. The number of hydrogen-bond acceptors (Lipinski definition) is 2. The molecule has 0 aliphatic heterocycles. The van der Waals surface area contributed by atoms with Gasteiger partial charge in [0.15, 0.2) is 11.6 Å². The fourth-order valence-corrected chi connectivity index (χ4v) is 1.77. The van der Waals surface area contributed by atoms with Crippen LogP contribution in [-0.4, -0.2) is 19.0 Å². The van der Waals surface area contributed by atoms with E-state index in [1.165, 1.54) is 12.1 Å². The number of halogens is 2. The van der Waals surface area contributed by atoms with Crippen molar-refractivity contribution in [1.82, 2.24) is 10.6 Å². The summed E-state index contributed by atoms with van der Waals surface area (Å²) in [5.41, 5.74) is 0.271. The van der Waals surface area contributed by atoms with Gasteiger partial charge in [0, 0.05) is 31.1 Å². The van der Waals surface area contributed by atoms with E-state index in [4.69, 9.17) is 0 Å². The van der Waals surface area contributed by atoms with E-state index >= 15 is 0 Å². The van der Waals surface area contributed by atoms with Crippen LogP contribution in [0.2, 0.25) is 0 Å². The zero-order chi connectivity index (χ0) is 15.1. The van der Waals surface area contributed by atoms with Crippen molar-refractivity contribution in [2.75, 3.05) is 13.1 Å². The van der Waals surface area contributed by atoms with Gasteiger partial charge in [-0.15, -0.1) is 0 Å².